The lowest BCUT2D eigenvalue weighted by Gasteiger charge is -2.29. The van der Waals surface area contributed by atoms with Crippen molar-refractivity contribution in [1.29, 1.82) is 0 Å². The Bertz CT molecular complexity index is 411. The summed E-state index contributed by atoms with van der Waals surface area (Å²) in [7, 11) is 1.95. The number of halogens is 2. The van der Waals surface area contributed by atoms with Crippen LogP contribution in [0.1, 0.15) is 31.4 Å². The maximum absolute atomic E-state index is 14.3. The molecule has 1 heterocycles. The molecule has 0 radical (unpaired) electrons. The van der Waals surface area contributed by atoms with E-state index < -0.39 is 0 Å². The third-order valence-corrected chi connectivity index (χ3v) is 4.20. The van der Waals surface area contributed by atoms with Gasteiger partial charge in [0.25, 0.3) is 0 Å². The number of likely N-dealkylation sites (tertiary alicyclic amines) is 1. The second-order valence-corrected chi connectivity index (χ2v) is 5.64. The molecule has 0 saturated carbocycles. The highest BCUT2D eigenvalue weighted by Gasteiger charge is 2.36. The Kier molecular flexibility index (Phi) is 5.20. The van der Waals surface area contributed by atoms with Crippen LogP contribution in [-0.2, 0) is 0 Å². The Labute approximate surface area is 119 Å². The first-order valence-electron chi connectivity index (χ1n) is 7.01. The number of nitrogens with zero attached hydrogens (tertiary/aromatic N) is 1. The second kappa shape index (κ2) is 6.69. The molecule has 0 aromatic heterocycles. The van der Waals surface area contributed by atoms with Crippen LogP contribution in [-0.4, -0.2) is 31.6 Å². The van der Waals surface area contributed by atoms with E-state index in [0.717, 1.165) is 38.0 Å². The molecule has 1 aromatic carbocycles. The molecule has 1 aromatic rings. The van der Waals surface area contributed by atoms with Crippen LogP contribution in [0.5, 0.6) is 0 Å². The minimum Gasteiger partial charge on any atom is -0.319 e. The summed E-state index contributed by atoms with van der Waals surface area (Å²) in [6.07, 6.45) is 2.20. The molecule has 19 heavy (non-hydrogen) atoms. The van der Waals surface area contributed by atoms with E-state index in [0.29, 0.717) is 5.92 Å². The summed E-state index contributed by atoms with van der Waals surface area (Å²) in [5.41, 5.74) is 0.749. The van der Waals surface area contributed by atoms with E-state index in [4.69, 9.17) is 11.6 Å². The van der Waals surface area contributed by atoms with Crippen LogP contribution in [0, 0.1) is 11.7 Å². The molecule has 1 saturated heterocycles. The van der Waals surface area contributed by atoms with Crippen molar-refractivity contribution >= 4 is 11.6 Å². The number of benzene rings is 1. The van der Waals surface area contributed by atoms with E-state index in [1.165, 1.54) is 0 Å². The molecular formula is C15H22ClFN2. The highest BCUT2D eigenvalue weighted by atomic mass is 35.5. The van der Waals surface area contributed by atoms with Gasteiger partial charge in [0.15, 0.2) is 0 Å². The van der Waals surface area contributed by atoms with Crippen LogP contribution in [0.4, 0.5) is 4.39 Å². The molecule has 1 N–H and O–H groups in total. The fourth-order valence-electron chi connectivity index (χ4n) is 3.14. The first kappa shape index (κ1) is 14.8. The fourth-order valence-corrected chi connectivity index (χ4v) is 3.32. The smallest absolute Gasteiger partial charge is 0.146 e. The van der Waals surface area contributed by atoms with Crippen LogP contribution in [0.3, 0.4) is 0 Å². The summed E-state index contributed by atoms with van der Waals surface area (Å²) >= 11 is 5.93. The second-order valence-electron chi connectivity index (χ2n) is 5.23. The van der Waals surface area contributed by atoms with Crippen molar-refractivity contribution in [2.45, 2.75) is 25.8 Å². The van der Waals surface area contributed by atoms with Crippen LogP contribution in [0.2, 0.25) is 5.02 Å². The van der Waals surface area contributed by atoms with Crippen LogP contribution in [0.25, 0.3) is 0 Å². The SMILES string of the molecule is CCCN1CCC(CNC)C1c1cccc(Cl)c1F. The largest absolute Gasteiger partial charge is 0.319 e. The third-order valence-electron chi connectivity index (χ3n) is 3.90. The predicted molar refractivity (Wildman–Crippen MR) is 78.0 cm³/mol. The van der Waals surface area contributed by atoms with Crippen molar-refractivity contribution in [2.75, 3.05) is 26.7 Å². The van der Waals surface area contributed by atoms with Gasteiger partial charge in [0.1, 0.15) is 5.82 Å². The molecule has 2 unspecified atom stereocenters. The highest BCUT2D eigenvalue weighted by Crippen LogP contribution is 2.39. The molecule has 106 valence electrons. The summed E-state index contributed by atoms with van der Waals surface area (Å²) in [6, 6.07) is 5.49. The Morgan fingerprint density at radius 2 is 2.26 bits per heavy atom. The minimum absolute atomic E-state index is 0.145. The Morgan fingerprint density at radius 3 is 2.95 bits per heavy atom. The van der Waals surface area contributed by atoms with Gasteiger partial charge in [-0.2, -0.15) is 0 Å². The van der Waals surface area contributed by atoms with Crippen molar-refractivity contribution in [3.05, 3.63) is 34.6 Å². The normalized spacial score (nSPS) is 24.0. The quantitative estimate of drug-likeness (QED) is 0.891. The van der Waals surface area contributed by atoms with E-state index >= 15 is 0 Å². The summed E-state index contributed by atoms with van der Waals surface area (Å²) in [4.78, 5) is 2.39. The van der Waals surface area contributed by atoms with Crippen molar-refractivity contribution < 1.29 is 4.39 Å². The van der Waals surface area contributed by atoms with Crippen LogP contribution in [0.15, 0.2) is 18.2 Å². The van der Waals surface area contributed by atoms with E-state index in [1.54, 1.807) is 6.07 Å². The molecule has 2 rings (SSSR count). The van der Waals surface area contributed by atoms with Gasteiger partial charge in [0.05, 0.1) is 5.02 Å². The van der Waals surface area contributed by atoms with Gasteiger partial charge in [-0.05, 0) is 51.5 Å². The fraction of sp³-hybridized carbons (Fsp3) is 0.600. The van der Waals surface area contributed by atoms with Gasteiger partial charge < -0.3 is 5.32 Å². The lowest BCUT2D eigenvalue weighted by molar-refractivity contribution is 0.222. The average Bonchev–Trinajstić information content (AvgIpc) is 2.77. The molecule has 1 aliphatic rings. The van der Waals surface area contributed by atoms with Gasteiger partial charge in [-0.15, -0.1) is 0 Å². The van der Waals surface area contributed by atoms with E-state index in [1.807, 2.05) is 19.2 Å². The molecule has 0 aliphatic carbocycles. The molecule has 1 fully saturated rings. The van der Waals surface area contributed by atoms with E-state index in [2.05, 4.69) is 17.1 Å². The van der Waals surface area contributed by atoms with E-state index in [-0.39, 0.29) is 16.9 Å². The number of rotatable bonds is 5. The Hall–Kier alpha value is -0.640. The number of nitrogens with one attached hydrogen (secondary N) is 1. The lowest BCUT2D eigenvalue weighted by atomic mass is 9.93. The summed E-state index contributed by atoms with van der Waals surface area (Å²) in [6.45, 7) is 5.13. The standard InChI is InChI=1S/C15H22ClFN2/c1-3-8-19-9-7-11(10-18-2)15(19)12-5-4-6-13(16)14(12)17/h4-6,11,15,18H,3,7-10H2,1-2H3. The molecule has 4 heteroatoms. The topological polar surface area (TPSA) is 15.3 Å². The van der Waals surface area contributed by atoms with Gasteiger partial charge in [-0.1, -0.05) is 30.7 Å². The number of hydrogen-bond acceptors (Lipinski definition) is 2. The summed E-state index contributed by atoms with van der Waals surface area (Å²) in [5.74, 6) is 0.197. The Morgan fingerprint density at radius 1 is 1.47 bits per heavy atom. The number of hydrogen-bond donors (Lipinski definition) is 1. The summed E-state index contributed by atoms with van der Waals surface area (Å²) in [5, 5.41) is 3.45. The van der Waals surface area contributed by atoms with Gasteiger partial charge in [0.2, 0.25) is 0 Å². The molecule has 1 aliphatic heterocycles. The molecular weight excluding hydrogens is 263 g/mol. The average molecular weight is 285 g/mol. The minimum atomic E-state index is -0.252. The summed E-state index contributed by atoms with van der Waals surface area (Å²) < 4.78 is 14.3. The molecule has 0 bridgehead atoms. The van der Waals surface area contributed by atoms with Gasteiger partial charge in [-0.25, -0.2) is 4.39 Å². The zero-order chi connectivity index (χ0) is 13.8. The molecule has 0 amide bonds. The third kappa shape index (κ3) is 3.10. The highest BCUT2D eigenvalue weighted by molar-refractivity contribution is 6.30. The van der Waals surface area contributed by atoms with Gasteiger partial charge in [-0.3, -0.25) is 4.90 Å². The zero-order valence-corrected chi connectivity index (χ0v) is 12.4. The molecule has 0 spiro atoms. The van der Waals surface area contributed by atoms with Gasteiger partial charge >= 0.3 is 0 Å². The first-order chi connectivity index (χ1) is 9.19. The van der Waals surface area contributed by atoms with Crippen molar-refractivity contribution in [3.63, 3.8) is 0 Å². The van der Waals surface area contributed by atoms with Crippen molar-refractivity contribution in [1.82, 2.24) is 10.2 Å². The monoisotopic (exact) mass is 284 g/mol. The van der Waals surface area contributed by atoms with Crippen LogP contribution < -0.4 is 5.32 Å². The maximum atomic E-state index is 14.3. The van der Waals surface area contributed by atoms with E-state index in [9.17, 15) is 4.39 Å². The van der Waals surface area contributed by atoms with Crippen molar-refractivity contribution in [3.8, 4) is 0 Å². The van der Waals surface area contributed by atoms with Crippen molar-refractivity contribution in [2.24, 2.45) is 5.92 Å². The van der Waals surface area contributed by atoms with Gasteiger partial charge in [0, 0.05) is 11.6 Å². The molecule has 2 atom stereocenters. The first-order valence-corrected chi connectivity index (χ1v) is 7.39. The molecule has 2 nitrogen and oxygen atoms in total. The predicted octanol–water partition coefficient (Wildman–Crippen LogP) is 3.47. The zero-order valence-electron chi connectivity index (χ0n) is 11.6. The Balaban J connectivity index is 2.32. The van der Waals surface area contributed by atoms with Crippen LogP contribution >= 0.6 is 11.6 Å². The lowest BCUT2D eigenvalue weighted by Crippen LogP contribution is -2.30. The maximum Gasteiger partial charge on any atom is 0.146 e.